The molecule has 0 radical (unpaired) electrons. The van der Waals surface area contributed by atoms with Crippen LogP contribution in [0.5, 0.6) is 6.01 Å². The molecule has 40 heavy (non-hydrogen) atoms. The highest BCUT2D eigenvalue weighted by molar-refractivity contribution is 6.14. The van der Waals surface area contributed by atoms with Crippen LogP contribution in [-0.4, -0.2) is 70.1 Å². The Balaban J connectivity index is 1.33. The number of anilines is 2. The topological polar surface area (TPSA) is 106 Å². The largest absolute Gasteiger partial charge is 0.463 e. The summed E-state index contributed by atoms with van der Waals surface area (Å²) in [6.07, 6.45) is 6.49. The van der Waals surface area contributed by atoms with E-state index in [2.05, 4.69) is 39.5 Å². The van der Waals surface area contributed by atoms with Crippen LogP contribution in [0.3, 0.4) is 0 Å². The Bertz CT molecular complexity index is 1540. The van der Waals surface area contributed by atoms with E-state index in [-0.39, 0.29) is 17.6 Å². The molecule has 3 atom stereocenters. The van der Waals surface area contributed by atoms with Crippen molar-refractivity contribution in [2.45, 2.75) is 51.3 Å². The van der Waals surface area contributed by atoms with Crippen LogP contribution in [0.2, 0.25) is 0 Å². The zero-order chi connectivity index (χ0) is 27.8. The molecule has 2 saturated heterocycles. The smallest absolute Gasteiger partial charge is 0.316 e. The predicted octanol–water partition coefficient (Wildman–Crippen LogP) is 4.04. The van der Waals surface area contributed by atoms with Crippen LogP contribution in [0.15, 0.2) is 36.7 Å². The van der Waals surface area contributed by atoms with Crippen molar-refractivity contribution < 1.29 is 18.7 Å². The van der Waals surface area contributed by atoms with Gasteiger partial charge >= 0.3 is 6.01 Å². The zero-order valence-corrected chi connectivity index (χ0v) is 23.0. The van der Waals surface area contributed by atoms with Crippen LogP contribution < -0.4 is 20.3 Å². The third-order valence-electron chi connectivity index (χ3n) is 7.48. The van der Waals surface area contributed by atoms with Crippen molar-refractivity contribution in [3.05, 3.63) is 48.0 Å². The molecule has 10 nitrogen and oxygen atoms in total. The first kappa shape index (κ1) is 26.4. The maximum Gasteiger partial charge on any atom is 0.316 e. The Morgan fingerprint density at radius 3 is 2.83 bits per heavy atom. The summed E-state index contributed by atoms with van der Waals surface area (Å²) in [7, 11) is 1.73. The number of piperazine rings is 1. The molecule has 2 aromatic carbocycles. The molecule has 0 bridgehead atoms. The maximum absolute atomic E-state index is 14.7. The number of hydrogen-bond acceptors (Lipinski definition) is 8. The van der Waals surface area contributed by atoms with E-state index in [0.717, 1.165) is 50.0 Å². The van der Waals surface area contributed by atoms with Crippen LogP contribution >= 0.6 is 0 Å². The molecule has 0 aliphatic carbocycles. The second kappa shape index (κ2) is 11.0. The average Bonchev–Trinajstić information content (AvgIpc) is 3.56. The molecule has 1 unspecified atom stereocenters. The molecule has 2 aliphatic rings. The second-order valence-corrected chi connectivity index (χ2v) is 10.8. The molecule has 4 aromatic rings. The van der Waals surface area contributed by atoms with Gasteiger partial charge in [0.25, 0.3) is 5.91 Å². The number of carbonyl (C=O) groups is 1. The molecular weight excluding hydrogens is 513 g/mol. The molecular formula is C29H34FN7O3. The number of benzene rings is 2. The fourth-order valence-corrected chi connectivity index (χ4v) is 5.78. The lowest BCUT2D eigenvalue weighted by atomic mass is 10.0. The Morgan fingerprint density at radius 1 is 1.23 bits per heavy atom. The minimum absolute atomic E-state index is 0.197. The lowest BCUT2D eigenvalue weighted by molar-refractivity contribution is 0.0889. The van der Waals surface area contributed by atoms with Crippen molar-refractivity contribution in [3.8, 4) is 6.01 Å². The second-order valence-electron chi connectivity index (χ2n) is 10.8. The lowest BCUT2D eigenvalue weighted by Crippen LogP contribution is -2.54. The number of halogens is 1. The van der Waals surface area contributed by atoms with E-state index in [1.54, 1.807) is 36.3 Å². The third-order valence-corrected chi connectivity index (χ3v) is 7.48. The number of nitrogens with zero attached hydrogens (tertiary/aromatic N) is 5. The van der Waals surface area contributed by atoms with Gasteiger partial charge in [-0.2, -0.15) is 10.1 Å². The highest BCUT2D eigenvalue weighted by Crippen LogP contribution is 2.31. The van der Waals surface area contributed by atoms with Crippen molar-refractivity contribution in [3.63, 3.8) is 0 Å². The van der Waals surface area contributed by atoms with E-state index in [1.807, 2.05) is 6.07 Å². The van der Waals surface area contributed by atoms with Gasteiger partial charge < -0.3 is 25.0 Å². The Kier molecular flexibility index (Phi) is 7.24. The fourth-order valence-electron chi connectivity index (χ4n) is 5.78. The van der Waals surface area contributed by atoms with Crippen molar-refractivity contribution in [2.24, 2.45) is 7.05 Å². The van der Waals surface area contributed by atoms with E-state index in [9.17, 15) is 9.18 Å². The highest BCUT2D eigenvalue weighted by atomic mass is 19.1. The molecule has 2 N–H and O–H groups in total. The molecule has 1 amide bonds. The quantitative estimate of drug-likeness (QED) is 0.357. The number of carbonyl (C=O) groups excluding carboxylic acids is 1. The normalized spacial score (nSPS) is 21.3. The number of hydrogen-bond donors (Lipinski definition) is 2. The van der Waals surface area contributed by atoms with Crippen LogP contribution in [0, 0.1) is 5.82 Å². The van der Waals surface area contributed by atoms with Crippen molar-refractivity contribution >= 4 is 39.1 Å². The summed E-state index contributed by atoms with van der Waals surface area (Å²) in [5.41, 5.74) is 2.40. The van der Waals surface area contributed by atoms with E-state index >= 15 is 0 Å². The summed E-state index contributed by atoms with van der Waals surface area (Å²) in [4.78, 5) is 25.1. The highest BCUT2D eigenvalue weighted by Gasteiger charge is 2.25. The van der Waals surface area contributed by atoms with Gasteiger partial charge in [0, 0.05) is 79.8 Å². The van der Waals surface area contributed by atoms with Crippen molar-refractivity contribution in [1.29, 1.82) is 0 Å². The Hall–Kier alpha value is -3.83. The van der Waals surface area contributed by atoms with Gasteiger partial charge in [-0.1, -0.05) is 0 Å². The van der Waals surface area contributed by atoms with Gasteiger partial charge in [0.1, 0.15) is 5.52 Å². The summed E-state index contributed by atoms with van der Waals surface area (Å²) in [5.74, 6) is -0.898. The van der Waals surface area contributed by atoms with Gasteiger partial charge in [-0.05, 0) is 51.0 Å². The number of nitrogens with one attached hydrogen (secondary N) is 2. The van der Waals surface area contributed by atoms with Crippen LogP contribution in [0.4, 0.5) is 15.8 Å². The van der Waals surface area contributed by atoms with Gasteiger partial charge in [-0.15, -0.1) is 0 Å². The average molecular weight is 548 g/mol. The zero-order valence-electron chi connectivity index (χ0n) is 23.0. The van der Waals surface area contributed by atoms with E-state index in [0.29, 0.717) is 40.8 Å². The molecule has 2 aromatic heterocycles. The lowest BCUT2D eigenvalue weighted by Gasteiger charge is -2.38. The van der Waals surface area contributed by atoms with Crippen LogP contribution in [-0.2, 0) is 11.8 Å². The van der Waals surface area contributed by atoms with Crippen LogP contribution in [0.1, 0.15) is 43.5 Å². The summed E-state index contributed by atoms with van der Waals surface area (Å²) in [6, 6.07) is 7.52. The number of aromatic nitrogens is 4. The number of fused-ring (bicyclic) bond motifs is 2. The van der Waals surface area contributed by atoms with Crippen molar-refractivity contribution in [2.75, 3.05) is 36.5 Å². The Morgan fingerprint density at radius 2 is 2.05 bits per heavy atom. The molecule has 2 aliphatic heterocycles. The number of ether oxygens (including phenoxy) is 2. The van der Waals surface area contributed by atoms with Gasteiger partial charge in [0.15, 0.2) is 5.82 Å². The molecule has 210 valence electrons. The number of aryl methyl sites for hydroxylation is 1. The predicted molar refractivity (Wildman–Crippen MR) is 152 cm³/mol. The standard InChI is InChI=1S/C29H34FN7O3/c1-17-14-37(15-18(2)32-17)25-7-6-22(28(38)33-20-11-19-16-36(3)35-26(19)24(30)12-20)27-23(25)13-31-29(34-27)40-10-8-21-5-4-9-39-21/h6-7,11-13,16-18,21,32H,4-5,8-10,14-15H2,1-3H3,(H,33,38)/t17-,18-,21?/m0/s1. The maximum atomic E-state index is 14.7. The third kappa shape index (κ3) is 5.44. The first-order chi connectivity index (χ1) is 19.3. The minimum Gasteiger partial charge on any atom is -0.463 e. The molecule has 0 spiro atoms. The number of rotatable bonds is 7. The number of amides is 1. The van der Waals surface area contributed by atoms with E-state index < -0.39 is 11.7 Å². The summed E-state index contributed by atoms with van der Waals surface area (Å²) < 4.78 is 27.8. The van der Waals surface area contributed by atoms with Gasteiger partial charge in [0.05, 0.1) is 23.8 Å². The molecule has 11 heteroatoms. The van der Waals surface area contributed by atoms with Gasteiger partial charge in [-0.25, -0.2) is 9.37 Å². The molecule has 2 fully saturated rings. The van der Waals surface area contributed by atoms with Gasteiger partial charge in [-0.3, -0.25) is 9.48 Å². The first-order valence-electron chi connectivity index (χ1n) is 13.8. The first-order valence-corrected chi connectivity index (χ1v) is 13.8. The van der Waals surface area contributed by atoms with E-state index in [4.69, 9.17) is 14.5 Å². The van der Waals surface area contributed by atoms with Crippen LogP contribution in [0.25, 0.3) is 21.8 Å². The summed E-state index contributed by atoms with van der Waals surface area (Å²) in [6.45, 7) is 7.15. The van der Waals surface area contributed by atoms with E-state index in [1.165, 1.54) is 6.07 Å². The molecule has 0 saturated carbocycles. The Labute approximate surface area is 231 Å². The monoisotopic (exact) mass is 547 g/mol. The summed E-state index contributed by atoms with van der Waals surface area (Å²) >= 11 is 0. The molecule has 4 heterocycles. The van der Waals surface area contributed by atoms with Crippen molar-refractivity contribution in [1.82, 2.24) is 25.1 Å². The minimum atomic E-state index is -0.500. The summed E-state index contributed by atoms with van der Waals surface area (Å²) in [5, 5.41) is 11.9. The molecule has 6 rings (SSSR count). The fraction of sp³-hybridized carbons (Fsp3) is 0.448. The SMILES string of the molecule is C[C@H]1CN(c2ccc(C(=O)Nc3cc(F)c4nn(C)cc4c3)c3nc(OCCC4CCCO4)ncc23)C[C@H](C)N1. The van der Waals surface area contributed by atoms with Gasteiger partial charge in [0.2, 0.25) is 0 Å².